The standard InChI is InChI=1S/C15H14ClN3/c1-9-6-7-11(8-10(9)2)19-13-5-3-4-12(16)14(13)18-15(19)17/h3-8H,1-2H3,(H2,17,18). The predicted octanol–water partition coefficient (Wildman–Crippen LogP) is 3.88. The zero-order valence-corrected chi connectivity index (χ0v) is 11.6. The molecule has 0 bridgehead atoms. The first-order chi connectivity index (χ1) is 9.08. The first-order valence-corrected chi connectivity index (χ1v) is 6.46. The highest BCUT2D eigenvalue weighted by Gasteiger charge is 2.12. The summed E-state index contributed by atoms with van der Waals surface area (Å²) >= 11 is 6.15. The van der Waals surface area contributed by atoms with E-state index < -0.39 is 0 Å². The van der Waals surface area contributed by atoms with Gasteiger partial charge in [0.1, 0.15) is 5.52 Å². The lowest BCUT2D eigenvalue weighted by atomic mass is 10.1. The molecule has 0 amide bonds. The number of rotatable bonds is 1. The molecule has 3 nitrogen and oxygen atoms in total. The van der Waals surface area contributed by atoms with E-state index in [-0.39, 0.29) is 0 Å². The van der Waals surface area contributed by atoms with Crippen molar-refractivity contribution in [3.63, 3.8) is 0 Å². The van der Waals surface area contributed by atoms with Gasteiger partial charge >= 0.3 is 0 Å². The largest absolute Gasteiger partial charge is 0.369 e. The number of aromatic nitrogens is 2. The number of benzene rings is 2. The number of fused-ring (bicyclic) bond motifs is 1. The van der Waals surface area contributed by atoms with Crippen molar-refractivity contribution in [3.8, 4) is 5.69 Å². The van der Waals surface area contributed by atoms with E-state index in [0.29, 0.717) is 11.0 Å². The number of aryl methyl sites for hydroxylation is 2. The van der Waals surface area contributed by atoms with Crippen LogP contribution >= 0.6 is 11.6 Å². The molecule has 4 heteroatoms. The number of hydrogen-bond acceptors (Lipinski definition) is 2. The van der Waals surface area contributed by atoms with Gasteiger partial charge in [-0.15, -0.1) is 0 Å². The van der Waals surface area contributed by atoms with Crippen LogP contribution in [-0.2, 0) is 0 Å². The topological polar surface area (TPSA) is 43.8 Å². The second-order valence-electron chi connectivity index (χ2n) is 4.68. The third-order valence-electron chi connectivity index (χ3n) is 3.41. The fraction of sp³-hybridized carbons (Fsp3) is 0.133. The minimum absolute atomic E-state index is 0.450. The summed E-state index contributed by atoms with van der Waals surface area (Å²) in [7, 11) is 0. The highest BCUT2D eigenvalue weighted by molar-refractivity contribution is 6.35. The number of imidazole rings is 1. The van der Waals surface area contributed by atoms with E-state index >= 15 is 0 Å². The number of nitrogen functional groups attached to an aromatic ring is 1. The summed E-state index contributed by atoms with van der Waals surface area (Å²) in [5.74, 6) is 0.450. The normalized spacial score (nSPS) is 11.1. The molecule has 0 spiro atoms. The summed E-state index contributed by atoms with van der Waals surface area (Å²) in [6, 6.07) is 11.9. The number of anilines is 1. The van der Waals surface area contributed by atoms with Gasteiger partial charge in [0.15, 0.2) is 0 Å². The lowest BCUT2D eigenvalue weighted by Gasteiger charge is -2.09. The third kappa shape index (κ3) is 1.87. The maximum atomic E-state index is 6.15. The molecule has 0 saturated heterocycles. The molecular weight excluding hydrogens is 258 g/mol. The molecule has 0 fully saturated rings. The van der Waals surface area contributed by atoms with Crippen LogP contribution in [0.3, 0.4) is 0 Å². The quantitative estimate of drug-likeness (QED) is 0.730. The van der Waals surface area contributed by atoms with Crippen LogP contribution < -0.4 is 5.73 Å². The Morgan fingerprint density at radius 2 is 1.89 bits per heavy atom. The maximum Gasteiger partial charge on any atom is 0.205 e. The molecule has 0 aliphatic rings. The van der Waals surface area contributed by atoms with Crippen LogP contribution in [0.1, 0.15) is 11.1 Å². The summed E-state index contributed by atoms with van der Waals surface area (Å²) in [4.78, 5) is 4.35. The summed E-state index contributed by atoms with van der Waals surface area (Å²) in [6.07, 6.45) is 0. The third-order valence-corrected chi connectivity index (χ3v) is 3.72. The Kier molecular flexibility index (Phi) is 2.72. The van der Waals surface area contributed by atoms with Crippen LogP contribution in [0.4, 0.5) is 5.95 Å². The summed E-state index contributed by atoms with van der Waals surface area (Å²) < 4.78 is 1.92. The Balaban J connectivity index is 2.33. The van der Waals surface area contributed by atoms with Gasteiger partial charge in [0.25, 0.3) is 0 Å². The maximum absolute atomic E-state index is 6.15. The second-order valence-corrected chi connectivity index (χ2v) is 5.09. The smallest absolute Gasteiger partial charge is 0.205 e. The van der Waals surface area contributed by atoms with E-state index in [4.69, 9.17) is 17.3 Å². The molecule has 19 heavy (non-hydrogen) atoms. The van der Waals surface area contributed by atoms with E-state index in [2.05, 4.69) is 31.0 Å². The first kappa shape index (κ1) is 12.1. The van der Waals surface area contributed by atoms with Crippen molar-refractivity contribution in [1.82, 2.24) is 9.55 Å². The molecule has 3 aromatic rings. The number of nitrogens with two attached hydrogens (primary N) is 1. The number of nitrogens with zero attached hydrogens (tertiary/aromatic N) is 2. The fourth-order valence-corrected chi connectivity index (χ4v) is 2.43. The highest BCUT2D eigenvalue weighted by Crippen LogP contribution is 2.28. The molecule has 2 aromatic carbocycles. The molecule has 0 aliphatic heterocycles. The Labute approximate surface area is 116 Å². The van der Waals surface area contributed by atoms with Gasteiger partial charge in [-0.2, -0.15) is 0 Å². The van der Waals surface area contributed by atoms with Crippen LogP contribution in [0, 0.1) is 13.8 Å². The van der Waals surface area contributed by atoms with Crippen molar-refractivity contribution in [1.29, 1.82) is 0 Å². The van der Waals surface area contributed by atoms with Crippen molar-refractivity contribution in [2.24, 2.45) is 0 Å². The molecule has 0 saturated carbocycles. The van der Waals surface area contributed by atoms with E-state index in [0.717, 1.165) is 16.7 Å². The second kappa shape index (κ2) is 4.28. The average Bonchev–Trinajstić information content (AvgIpc) is 2.71. The van der Waals surface area contributed by atoms with Crippen LogP contribution in [0.5, 0.6) is 0 Å². The summed E-state index contributed by atoms with van der Waals surface area (Å²) in [5, 5.41) is 0.617. The molecule has 0 radical (unpaired) electrons. The molecule has 2 N–H and O–H groups in total. The molecule has 0 aliphatic carbocycles. The van der Waals surface area contributed by atoms with Gasteiger partial charge in [0.2, 0.25) is 5.95 Å². The van der Waals surface area contributed by atoms with E-state index in [9.17, 15) is 0 Å². The van der Waals surface area contributed by atoms with Gasteiger partial charge < -0.3 is 5.73 Å². The summed E-state index contributed by atoms with van der Waals surface area (Å²) in [6.45, 7) is 4.17. The number of halogens is 1. The van der Waals surface area contributed by atoms with Gasteiger partial charge in [-0.1, -0.05) is 23.7 Å². The zero-order chi connectivity index (χ0) is 13.6. The average molecular weight is 272 g/mol. The molecule has 1 heterocycles. The Bertz CT molecular complexity index is 774. The Morgan fingerprint density at radius 1 is 1.11 bits per heavy atom. The van der Waals surface area contributed by atoms with Crippen molar-refractivity contribution in [3.05, 3.63) is 52.5 Å². The number of para-hydroxylation sites is 1. The van der Waals surface area contributed by atoms with E-state index in [1.807, 2.05) is 28.8 Å². The van der Waals surface area contributed by atoms with Gasteiger partial charge in [0.05, 0.1) is 10.5 Å². The molecule has 0 unspecified atom stereocenters. The van der Waals surface area contributed by atoms with Crippen LogP contribution in [0.15, 0.2) is 36.4 Å². The predicted molar refractivity (Wildman–Crippen MR) is 80.0 cm³/mol. The highest BCUT2D eigenvalue weighted by atomic mass is 35.5. The lowest BCUT2D eigenvalue weighted by molar-refractivity contribution is 1.10. The molecule has 3 rings (SSSR count). The van der Waals surface area contributed by atoms with E-state index in [1.54, 1.807) is 0 Å². The lowest BCUT2D eigenvalue weighted by Crippen LogP contribution is -2.01. The summed E-state index contributed by atoms with van der Waals surface area (Å²) in [5.41, 5.74) is 11.2. The molecule has 0 atom stereocenters. The molecule has 1 aromatic heterocycles. The van der Waals surface area contributed by atoms with Crippen molar-refractivity contribution >= 4 is 28.6 Å². The van der Waals surface area contributed by atoms with E-state index in [1.165, 1.54) is 11.1 Å². The Hall–Kier alpha value is -2.00. The van der Waals surface area contributed by atoms with Crippen molar-refractivity contribution in [2.45, 2.75) is 13.8 Å². The van der Waals surface area contributed by atoms with Crippen molar-refractivity contribution < 1.29 is 0 Å². The number of hydrogen-bond donors (Lipinski definition) is 1. The molecule has 96 valence electrons. The SMILES string of the molecule is Cc1ccc(-n2c(N)nc3c(Cl)cccc32)cc1C. The fourth-order valence-electron chi connectivity index (χ4n) is 2.22. The minimum Gasteiger partial charge on any atom is -0.369 e. The van der Waals surface area contributed by atoms with Crippen molar-refractivity contribution in [2.75, 3.05) is 5.73 Å². The first-order valence-electron chi connectivity index (χ1n) is 6.08. The van der Waals surface area contributed by atoms with Crippen LogP contribution in [0.2, 0.25) is 5.02 Å². The zero-order valence-electron chi connectivity index (χ0n) is 10.8. The van der Waals surface area contributed by atoms with Crippen LogP contribution in [-0.4, -0.2) is 9.55 Å². The monoisotopic (exact) mass is 271 g/mol. The minimum atomic E-state index is 0.450. The van der Waals surface area contributed by atoms with Gasteiger partial charge in [0, 0.05) is 5.69 Å². The Morgan fingerprint density at radius 3 is 2.63 bits per heavy atom. The van der Waals surface area contributed by atoms with Gasteiger partial charge in [-0.3, -0.25) is 4.57 Å². The van der Waals surface area contributed by atoms with Gasteiger partial charge in [-0.05, 0) is 49.2 Å². The van der Waals surface area contributed by atoms with Gasteiger partial charge in [-0.25, -0.2) is 4.98 Å². The van der Waals surface area contributed by atoms with Crippen LogP contribution in [0.25, 0.3) is 16.7 Å². The molecular formula is C15H14ClN3.